The van der Waals surface area contributed by atoms with E-state index in [2.05, 4.69) is 0 Å². The molecule has 1 aliphatic rings. The molecular weight excluding hydrogens is 384 g/mol. The van der Waals surface area contributed by atoms with Crippen molar-refractivity contribution in [2.24, 2.45) is 0 Å². The second-order valence-electron chi connectivity index (χ2n) is 6.67. The largest absolute Gasteiger partial charge is 0.484 e. The van der Waals surface area contributed by atoms with Crippen LogP contribution < -0.4 is 4.74 Å². The first-order valence-corrected chi connectivity index (χ1v) is 11.1. The number of sulfonamides is 1. The van der Waals surface area contributed by atoms with Crippen LogP contribution in [-0.2, 0) is 14.8 Å². The van der Waals surface area contributed by atoms with Crippen LogP contribution in [0, 0.1) is 20.8 Å². The Labute approximate surface area is 164 Å². The first-order chi connectivity index (χ1) is 12.8. The van der Waals surface area contributed by atoms with Crippen molar-refractivity contribution in [3.63, 3.8) is 0 Å². The lowest BCUT2D eigenvalue weighted by molar-refractivity contribution is -0.134. The second kappa shape index (κ2) is 8.00. The Morgan fingerprint density at radius 2 is 1.81 bits per heavy atom. The zero-order chi connectivity index (χ0) is 19.6. The summed E-state index contributed by atoms with van der Waals surface area (Å²) in [5.41, 5.74) is 1.07. The maximum atomic E-state index is 12.8. The van der Waals surface area contributed by atoms with Crippen LogP contribution in [0.25, 0.3) is 0 Å². The van der Waals surface area contributed by atoms with Gasteiger partial charge < -0.3 is 9.64 Å². The molecule has 27 heavy (non-hydrogen) atoms. The fourth-order valence-corrected chi connectivity index (χ4v) is 6.07. The van der Waals surface area contributed by atoms with Crippen molar-refractivity contribution < 1.29 is 17.9 Å². The number of hydrogen-bond acceptors (Lipinski definition) is 5. The Morgan fingerprint density at radius 3 is 2.41 bits per heavy atom. The number of thiophene rings is 1. The fraction of sp³-hybridized carbons (Fsp3) is 0.421. The van der Waals surface area contributed by atoms with E-state index in [4.69, 9.17) is 4.74 Å². The minimum Gasteiger partial charge on any atom is -0.484 e. The monoisotopic (exact) mass is 408 g/mol. The first-order valence-electron chi connectivity index (χ1n) is 8.82. The molecule has 0 spiro atoms. The summed E-state index contributed by atoms with van der Waals surface area (Å²) < 4.78 is 32.7. The average molecular weight is 409 g/mol. The van der Waals surface area contributed by atoms with Crippen molar-refractivity contribution >= 4 is 27.3 Å². The van der Waals surface area contributed by atoms with E-state index in [1.54, 1.807) is 11.0 Å². The number of piperazine rings is 1. The summed E-state index contributed by atoms with van der Waals surface area (Å²) in [5, 5.41) is 0. The van der Waals surface area contributed by atoms with Gasteiger partial charge in [0, 0.05) is 35.9 Å². The standard InChI is InChI=1S/C19H24N2O4S2/c1-14-5-4-6-17(11-14)25-13-19(22)20-7-9-21(10-8-20)27(23,24)18-12-15(2)26-16(18)3/h4-6,11-12H,7-10,13H2,1-3H3. The predicted octanol–water partition coefficient (Wildman–Crippen LogP) is 2.59. The van der Waals surface area contributed by atoms with Gasteiger partial charge in [-0.05, 0) is 44.5 Å². The molecule has 2 heterocycles. The Bertz CT molecular complexity index is 929. The number of ether oxygens (including phenoxy) is 1. The number of benzene rings is 1. The summed E-state index contributed by atoms with van der Waals surface area (Å²) in [6, 6.07) is 9.26. The van der Waals surface area contributed by atoms with Gasteiger partial charge in [0.25, 0.3) is 5.91 Å². The van der Waals surface area contributed by atoms with E-state index in [0.717, 1.165) is 15.3 Å². The molecule has 1 aromatic heterocycles. The third-order valence-corrected chi connectivity index (χ3v) is 7.68. The van der Waals surface area contributed by atoms with Crippen LogP contribution >= 0.6 is 11.3 Å². The smallest absolute Gasteiger partial charge is 0.260 e. The molecule has 146 valence electrons. The maximum absolute atomic E-state index is 12.8. The predicted molar refractivity (Wildman–Crippen MR) is 106 cm³/mol. The number of aryl methyl sites for hydroxylation is 3. The van der Waals surface area contributed by atoms with E-state index in [-0.39, 0.29) is 12.5 Å². The van der Waals surface area contributed by atoms with Crippen LogP contribution in [0.4, 0.5) is 0 Å². The number of hydrogen-bond donors (Lipinski definition) is 0. The van der Waals surface area contributed by atoms with Gasteiger partial charge in [0.15, 0.2) is 6.61 Å². The average Bonchev–Trinajstić information content (AvgIpc) is 2.99. The molecule has 0 bridgehead atoms. The lowest BCUT2D eigenvalue weighted by Gasteiger charge is -2.33. The summed E-state index contributed by atoms with van der Waals surface area (Å²) in [7, 11) is -3.51. The highest BCUT2D eigenvalue weighted by molar-refractivity contribution is 7.89. The zero-order valence-corrected chi connectivity index (χ0v) is 17.4. The van der Waals surface area contributed by atoms with Gasteiger partial charge in [0.05, 0.1) is 4.90 Å². The third-order valence-electron chi connectivity index (χ3n) is 4.56. The van der Waals surface area contributed by atoms with Crippen LogP contribution in [0.2, 0.25) is 0 Å². The molecule has 0 N–H and O–H groups in total. The van der Waals surface area contributed by atoms with Crippen molar-refractivity contribution in [3.8, 4) is 5.75 Å². The van der Waals surface area contributed by atoms with E-state index >= 15 is 0 Å². The van der Waals surface area contributed by atoms with Gasteiger partial charge in [0.2, 0.25) is 10.0 Å². The molecule has 0 unspecified atom stereocenters. The van der Waals surface area contributed by atoms with Gasteiger partial charge in [-0.15, -0.1) is 11.3 Å². The molecule has 0 radical (unpaired) electrons. The van der Waals surface area contributed by atoms with Crippen molar-refractivity contribution in [1.29, 1.82) is 0 Å². The normalized spacial score (nSPS) is 15.7. The molecular formula is C19H24N2O4S2. The Kier molecular flexibility index (Phi) is 5.88. The number of carbonyl (C=O) groups excluding carboxylic acids is 1. The molecule has 2 aromatic rings. The molecule has 0 atom stereocenters. The van der Waals surface area contributed by atoms with Gasteiger partial charge in [-0.3, -0.25) is 4.79 Å². The SMILES string of the molecule is Cc1cccc(OCC(=O)N2CCN(S(=O)(=O)c3cc(C)sc3C)CC2)c1. The molecule has 1 fully saturated rings. The summed E-state index contributed by atoms with van der Waals surface area (Å²) in [6.45, 7) is 6.99. The van der Waals surface area contributed by atoms with Crippen molar-refractivity contribution in [1.82, 2.24) is 9.21 Å². The molecule has 0 aliphatic carbocycles. The molecule has 1 aromatic carbocycles. The lowest BCUT2D eigenvalue weighted by Crippen LogP contribution is -2.51. The highest BCUT2D eigenvalue weighted by Crippen LogP contribution is 2.28. The van der Waals surface area contributed by atoms with Crippen LogP contribution in [0.15, 0.2) is 35.2 Å². The zero-order valence-electron chi connectivity index (χ0n) is 15.8. The van der Waals surface area contributed by atoms with E-state index in [1.807, 2.05) is 45.0 Å². The fourth-order valence-electron chi connectivity index (χ4n) is 3.12. The number of carbonyl (C=O) groups is 1. The summed E-state index contributed by atoms with van der Waals surface area (Å²) in [6.07, 6.45) is 0. The second-order valence-corrected chi connectivity index (χ2v) is 10.0. The van der Waals surface area contributed by atoms with Gasteiger partial charge in [-0.1, -0.05) is 12.1 Å². The number of rotatable bonds is 5. The van der Waals surface area contributed by atoms with Crippen LogP contribution in [0.5, 0.6) is 5.75 Å². The topological polar surface area (TPSA) is 66.9 Å². The van der Waals surface area contributed by atoms with Crippen LogP contribution in [-0.4, -0.2) is 56.3 Å². The van der Waals surface area contributed by atoms with Crippen molar-refractivity contribution in [2.75, 3.05) is 32.8 Å². The summed E-state index contributed by atoms with van der Waals surface area (Å²) >= 11 is 1.48. The van der Waals surface area contributed by atoms with Gasteiger partial charge in [0.1, 0.15) is 5.75 Å². The quantitative estimate of drug-likeness (QED) is 0.763. The molecule has 3 rings (SSSR count). The van der Waals surface area contributed by atoms with Crippen molar-refractivity contribution in [3.05, 3.63) is 45.6 Å². The number of amides is 1. The van der Waals surface area contributed by atoms with Gasteiger partial charge in [-0.25, -0.2) is 8.42 Å². The summed E-state index contributed by atoms with van der Waals surface area (Å²) in [5.74, 6) is 0.531. The lowest BCUT2D eigenvalue weighted by atomic mass is 10.2. The van der Waals surface area contributed by atoms with Gasteiger partial charge in [-0.2, -0.15) is 4.31 Å². The highest BCUT2D eigenvalue weighted by Gasteiger charge is 2.31. The highest BCUT2D eigenvalue weighted by atomic mass is 32.2. The molecule has 6 nitrogen and oxygen atoms in total. The van der Waals surface area contributed by atoms with E-state index in [9.17, 15) is 13.2 Å². The first kappa shape index (κ1) is 19.9. The minimum absolute atomic E-state index is 0.0426. The van der Waals surface area contributed by atoms with E-state index in [0.29, 0.717) is 36.8 Å². The van der Waals surface area contributed by atoms with Crippen LogP contribution in [0.1, 0.15) is 15.3 Å². The van der Waals surface area contributed by atoms with E-state index in [1.165, 1.54) is 15.6 Å². The maximum Gasteiger partial charge on any atom is 0.260 e. The molecule has 8 heteroatoms. The van der Waals surface area contributed by atoms with E-state index < -0.39 is 10.0 Å². The third kappa shape index (κ3) is 4.51. The molecule has 1 saturated heterocycles. The molecule has 1 amide bonds. The number of nitrogens with zero attached hydrogens (tertiary/aromatic N) is 2. The minimum atomic E-state index is -3.51. The Balaban J connectivity index is 1.56. The molecule has 1 aliphatic heterocycles. The van der Waals surface area contributed by atoms with Crippen LogP contribution in [0.3, 0.4) is 0 Å². The van der Waals surface area contributed by atoms with Crippen molar-refractivity contribution in [2.45, 2.75) is 25.7 Å². The molecule has 0 saturated carbocycles. The van der Waals surface area contributed by atoms with Gasteiger partial charge >= 0.3 is 0 Å². The Hall–Kier alpha value is -1.90. The Morgan fingerprint density at radius 1 is 1.11 bits per heavy atom. The summed E-state index contributed by atoms with van der Waals surface area (Å²) in [4.78, 5) is 16.2.